The topological polar surface area (TPSA) is 45.7 Å². The minimum atomic E-state index is -0.247. The van der Waals surface area contributed by atoms with Crippen molar-refractivity contribution in [1.82, 2.24) is 9.88 Å². The molecule has 0 spiro atoms. The van der Waals surface area contributed by atoms with Gasteiger partial charge in [0, 0.05) is 43.2 Å². The molecule has 0 N–H and O–H groups in total. The summed E-state index contributed by atoms with van der Waals surface area (Å²) < 4.78 is 19.7. The van der Waals surface area contributed by atoms with Crippen LogP contribution in [-0.4, -0.2) is 60.9 Å². The van der Waals surface area contributed by atoms with Crippen molar-refractivity contribution < 1.29 is 13.9 Å². The molecule has 0 unspecified atom stereocenters. The third-order valence-corrected chi connectivity index (χ3v) is 8.02. The Labute approximate surface area is 202 Å². The van der Waals surface area contributed by atoms with Gasteiger partial charge in [-0.05, 0) is 61.7 Å². The molecule has 1 fully saturated rings. The molecule has 8 heteroatoms. The minimum absolute atomic E-state index is 0.0834. The van der Waals surface area contributed by atoms with Gasteiger partial charge in [0.25, 0.3) is 0 Å². The molecule has 1 aliphatic heterocycles. The molecule has 5 nitrogen and oxygen atoms in total. The maximum atomic E-state index is 13.3. The summed E-state index contributed by atoms with van der Waals surface area (Å²) in [6.45, 7) is 9.22. The molecule has 1 amide bonds. The Kier molecular flexibility index (Phi) is 8.35. The lowest BCUT2D eigenvalue weighted by molar-refractivity contribution is -0.118. The van der Waals surface area contributed by atoms with Crippen LogP contribution in [0.15, 0.2) is 41.3 Å². The molecule has 0 radical (unpaired) electrons. The number of halogens is 1. The van der Waals surface area contributed by atoms with Crippen molar-refractivity contribution in [2.75, 3.05) is 50.0 Å². The first-order valence-corrected chi connectivity index (χ1v) is 13.2. The van der Waals surface area contributed by atoms with E-state index < -0.39 is 0 Å². The second kappa shape index (κ2) is 11.4. The van der Waals surface area contributed by atoms with Gasteiger partial charge >= 0.3 is 0 Å². The number of anilines is 1. The quantitative estimate of drug-likeness (QED) is 0.384. The van der Waals surface area contributed by atoms with Crippen molar-refractivity contribution in [3.05, 3.63) is 53.3 Å². The highest BCUT2D eigenvalue weighted by Crippen LogP contribution is 2.32. The molecule has 0 aliphatic carbocycles. The van der Waals surface area contributed by atoms with Gasteiger partial charge in [-0.15, -0.1) is 11.8 Å². The number of benzene rings is 2. The second-order valence-electron chi connectivity index (χ2n) is 8.26. The predicted octanol–water partition coefficient (Wildman–Crippen LogP) is 5.29. The van der Waals surface area contributed by atoms with E-state index in [0.717, 1.165) is 59.5 Å². The summed E-state index contributed by atoms with van der Waals surface area (Å²) in [5, 5.41) is 0.775. The van der Waals surface area contributed by atoms with Crippen LogP contribution >= 0.6 is 23.1 Å². The van der Waals surface area contributed by atoms with Gasteiger partial charge in [-0.2, -0.15) is 0 Å². The minimum Gasteiger partial charge on any atom is -0.379 e. The van der Waals surface area contributed by atoms with E-state index in [4.69, 9.17) is 9.72 Å². The Morgan fingerprint density at radius 1 is 1.18 bits per heavy atom. The van der Waals surface area contributed by atoms with E-state index in [1.54, 1.807) is 35.2 Å². The van der Waals surface area contributed by atoms with Crippen LogP contribution in [0.4, 0.5) is 9.52 Å². The fourth-order valence-electron chi connectivity index (χ4n) is 3.86. The fraction of sp³-hybridized carbons (Fsp3) is 0.440. The zero-order chi connectivity index (χ0) is 23.2. The number of carbonyl (C=O) groups excluding carboxylic acids is 1. The third kappa shape index (κ3) is 6.32. The van der Waals surface area contributed by atoms with Crippen molar-refractivity contribution >= 4 is 44.4 Å². The molecule has 176 valence electrons. The van der Waals surface area contributed by atoms with Crippen molar-refractivity contribution in [1.29, 1.82) is 0 Å². The Hall–Kier alpha value is -2.00. The van der Waals surface area contributed by atoms with Crippen molar-refractivity contribution in [3.63, 3.8) is 0 Å². The molecule has 0 saturated carbocycles. The molecule has 1 aliphatic rings. The van der Waals surface area contributed by atoms with Gasteiger partial charge in [0.05, 0.1) is 23.4 Å². The standard InChI is InChI=1S/C25H30FN3O2S2/c1-18-4-9-22-24(19(18)2)27-25(33-22)29(12-3-11-28-13-15-31-16-14-28)23(30)10-17-32-21-7-5-20(26)6-8-21/h4-9H,3,10-17H2,1-2H3. The lowest BCUT2D eigenvalue weighted by Crippen LogP contribution is -2.39. The Balaban J connectivity index is 1.44. The number of ether oxygens (including phenoxy) is 1. The molecule has 1 aromatic heterocycles. The highest BCUT2D eigenvalue weighted by molar-refractivity contribution is 7.99. The number of hydrogen-bond donors (Lipinski definition) is 0. The van der Waals surface area contributed by atoms with E-state index in [9.17, 15) is 9.18 Å². The Morgan fingerprint density at radius 3 is 2.70 bits per heavy atom. The first-order valence-electron chi connectivity index (χ1n) is 11.4. The number of amides is 1. The van der Waals surface area contributed by atoms with Gasteiger partial charge in [0.15, 0.2) is 5.13 Å². The largest absolute Gasteiger partial charge is 0.379 e. The number of thioether (sulfide) groups is 1. The normalized spacial score (nSPS) is 14.6. The maximum absolute atomic E-state index is 13.3. The van der Waals surface area contributed by atoms with Crippen LogP contribution in [-0.2, 0) is 9.53 Å². The smallest absolute Gasteiger partial charge is 0.229 e. The highest BCUT2D eigenvalue weighted by atomic mass is 32.2. The van der Waals surface area contributed by atoms with Gasteiger partial charge < -0.3 is 4.74 Å². The number of morpholine rings is 1. The van der Waals surface area contributed by atoms with E-state index >= 15 is 0 Å². The molecule has 3 aromatic rings. The van der Waals surface area contributed by atoms with Gasteiger partial charge in [0.1, 0.15) is 5.82 Å². The monoisotopic (exact) mass is 487 g/mol. The van der Waals surface area contributed by atoms with Crippen LogP contribution in [0.3, 0.4) is 0 Å². The van der Waals surface area contributed by atoms with Crippen molar-refractivity contribution in [2.45, 2.75) is 31.6 Å². The summed E-state index contributed by atoms with van der Waals surface area (Å²) in [5.74, 6) is 0.483. The lowest BCUT2D eigenvalue weighted by Gasteiger charge is -2.27. The third-order valence-electron chi connectivity index (χ3n) is 5.96. The predicted molar refractivity (Wildman–Crippen MR) is 135 cm³/mol. The molecule has 0 atom stereocenters. The first-order chi connectivity index (χ1) is 16.0. The summed E-state index contributed by atoms with van der Waals surface area (Å²) in [7, 11) is 0. The number of aromatic nitrogens is 1. The molecular formula is C25H30FN3O2S2. The summed E-state index contributed by atoms with van der Waals surface area (Å²) in [6.07, 6.45) is 1.30. The Morgan fingerprint density at radius 2 is 1.94 bits per heavy atom. The van der Waals surface area contributed by atoms with E-state index in [1.165, 1.54) is 23.3 Å². The zero-order valence-electron chi connectivity index (χ0n) is 19.2. The van der Waals surface area contributed by atoms with E-state index in [0.29, 0.717) is 18.7 Å². The number of hydrogen-bond acceptors (Lipinski definition) is 6. The van der Waals surface area contributed by atoms with E-state index in [1.807, 2.05) is 4.90 Å². The van der Waals surface area contributed by atoms with Crippen LogP contribution in [0.25, 0.3) is 10.2 Å². The van der Waals surface area contributed by atoms with Gasteiger partial charge in [-0.3, -0.25) is 14.6 Å². The first kappa shape index (κ1) is 24.1. The second-order valence-corrected chi connectivity index (χ2v) is 10.4. The maximum Gasteiger partial charge on any atom is 0.229 e. The van der Waals surface area contributed by atoms with Crippen LogP contribution in [0.5, 0.6) is 0 Å². The van der Waals surface area contributed by atoms with Crippen LogP contribution < -0.4 is 4.90 Å². The van der Waals surface area contributed by atoms with Gasteiger partial charge in [-0.25, -0.2) is 9.37 Å². The summed E-state index contributed by atoms with van der Waals surface area (Å²) in [5.41, 5.74) is 3.37. The molecule has 2 heterocycles. The van der Waals surface area contributed by atoms with E-state index in [-0.39, 0.29) is 11.7 Å². The average molecular weight is 488 g/mol. The van der Waals surface area contributed by atoms with Crippen molar-refractivity contribution in [3.8, 4) is 0 Å². The van der Waals surface area contributed by atoms with E-state index in [2.05, 4.69) is 30.9 Å². The van der Waals surface area contributed by atoms with Crippen LogP contribution in [0.2, 0.25) is 0 Å². The highest BCUT2D eigenvalue weighted by Gasteiger charge is 2.21. The Bertz CT molecular complexity index is 1080. The molecule has 33 heavy (non-hydrogen) atoms. The summed E-state index contributed by atoms with van der Waals surface area (Å²) in [6, 6.07) is 10.6. The molecule has 1 saturated heterocycles. The fourth-order valence-corrected chi connectivity index (χ4v) is 5.77. The molecular weight excluding hydrogens is 457 g/mol. The van der Waals surface area contributed by atoms with Crippen molar-refractivity contribution in [2.24, 2.45) is 0 Å². The number of aryl methyl sites for hydroxylation is 2. The number of thiazole rings is 1. The zero-order valence-corrected chi connectivity index (χ0v) is 20.8. The molecule has 4 rings (SSSR count). The average Bonchev–Trinajstić information content (AvgIpc) is 3.26. The lowest BCUT2D eigenvalue weighted by atomic mass is 10.1. The number of nitrogens with zero attached hydrogens (tertiary/aromatic N) is 3. The van der Waals surface area contributed by atoms with Crippen LogP contribution in [0, 0.1) is 19.7 Å². The summed E-state index contributed by atoms with van der Waals surface area (Å²) >= 11 is 3.16. The summed E-state index contributed by atoms with van der Waals surface area (Å²) in [4.78, 5) is 23.4. The van der Waals surface area contributed by atoms with Gasteiger partial charge in [-0.1, -0.05) is 17.4 Å². The number of fused-ring (bicyclic) bond motifs is 1. The van der Waals surface area contributed by atoms with Crippen LogP contribution in [0.1, 0.15) is 24.0 Å². The molecule has 0 bridgehead atoms. The number of rotatable bonds is 9. The SMILES string of the molecule is Cc1ccc2sc(N(CCCN3CCOCC3)C(=O)CCSc3ccc(F)cc3)nc2c1C. The molecule has 2 aromatic carbocycles. The number of carbonyl (C=O) groups is 1. The van der Waals surface area contributed by atoms with Gasteiger partial charge in [0.2, 0.25) is 5.91 Å².